The molecule has 2 aromatic rings. The van der Waals surface area contributed by atoms with Gasteiger partial charge in [-0.3, -0.25) is 5.10 Å². The minimum Gasteiger partial charge on any atom is -0.492 e. The Morgan fingerprint density at radius 2 is 2.29 bits per heavy atom. The molecule has 0 spiro atoms. The van der Waals surface area contributed by atoms with Crippen molar-refractivity contribution in [1.82, 2.24) is 14.9 Å². The third-order valence-corrected chi connectivity index (χ3v) is 3.66. The third kappa shape index (κ3) is 4.01. The quantitative estimate of drug-likeness (QED) is 0.620. The Balaban J connectivity index is 2.19. The number of H-pyrrole nitrogens is 1. The smallest absolute Gasteiger partial charge is 0.216 e. The van der Waals surface area contributed by atoms with E-state index in [4.69, 9.17) is 17.0 Å². The Kier molecular flexibility index (Phi) is 5.69. The molecule has 21 heavy (non-hydrogen) atoms. The number of rotatable bonds is 6. The van der Waals surface area contributed by atoms with Gasteiger partial charge in [0.2, 0.25) is 4.77 Å². The summed E-state index contributed by atoms with van der Waals surface area (Å²) < 4.78 is 8.65. The van der Waals surface area contributed by atoms with Crippen LogP contribution in [-0.2, 0) is 6.42 Å². The molecule has 0 radical (unpaired) electrons. The highest BCUT2D eigenvalue weighted by molar-refractivity contribution is 9.10. The summed E-state index contributed by atoms with van der Waals surface area (Å²) in [6.45, 7) is 4.79. The Bertz CT molecular complexity index is 693. The van der Waals surface area contributed by atoms with Crippen molar-refractivity contribution in [2.45, 2.75) is 26.7 Å². The minimum atomic E-state index is 0.491. The third-order valence-electron chi connectivity index (χ3n) is 2.77. The van der Waals surface area contributed by atoms with Gasteiger partial charge in [0.1, 0.15) is 5.75 Å². The molecule has 112 valence electrons. The van der Waals surface area contributed by atoms with Gasteiger partial charge in [0.05, 0.1) is 17.3 Å². The van der Waals surface area contributed by atoms with Crippen molar-refractivity contribution in [3.63, 3.8) is 0 Å². The average molecular weight is 369 g/mol. The second kappa shape index (κ2) is 7.51. The van der Waals surface area contributed by atoms with Gasteiger partial charge in [-0.25, -0.2) is 0 Å². The summed E-state index contributed by atoms with van der Waals surface area (Å²) in [6, 6.07) is 5.84. The molecule has 5 nitrogen and oxygen atoms in total. The van der Waals surface area contributed by atoms with Gasteiger partial charge in [-0.1, -0.05) is 13.8 Å². The first-order valence-electron chi connectivity index (χ1n) is 6.78. The summed E-state index contributed by atoms with van der Waals surface area (Å²) in [4.78, 5) is 0. The van der Waals surface area contributed by atoms with Crippen LogP contribution in [0.3, 0.4) is 0 Å². The van der Waals surface area contributed by atoms with Crippen LogP contribution in [0.5, 0.6) is 5.75 Å². The maximum absolute atomic E-state index is 5.62. The molecule has 0 bridgehead atoms. The minimum absolute atomic E-state index is 0.491. The van der Waals surface area contributed by atoms with Crippen molar-refractivity contribution in [2.24, 2.45) is 5.10 Å². The monoisotopic (exact) mass is 368 g/mol. The summed E-state index contributed by atoms with van der Waals surface area (Å²) in [6.07, 6.45) is 3.49. The summed E-state index contributed by atoms with van der Waals surface area (Å²) in [5.41, 5.74) is 0.955. The predicted molar refractivity (Wildman–Crippen MR) is 89.7 cm³/mol. The number of aryl methyl sites for hydroxylation is 1. The van der Waals surface area contributed by atoms with Crippen molar-refractivity contribution in [3.05, 3.63) is 38.8 Å². The molecular formula is C14H17BrN4OS. The zero-order chi connectivity index (χ0) is 15.2. The highest BCUT2D eigenvalue weighted by atomic mass is 79.9. The number of hydrogen-bond donors (Lipinski definition) is 1. The van der Waals surface area contributed by atoms with Crippen LogP contribution in [0.2, 0.25) is 0 Å². The van der Waals surface area contributed by atoms with Gasteiger partial charge in [0.25, 0.3) is 0 Å². The zero-order valence-corrected chi connectivity index (χ0v) is 14.4. The number of nitrogens with zero attached hydrogens (tertiary/aromatic N) is 3. The number of benzene rings is 1. The van der Waals surface area contributed by atoms with Crippen LogP contribution in [0.15, 0.2) is 27.8 Å². The van der Waals surface area contributed by atoms with Crippen LogP contribution in [0.25, 0.3) is 0 Å². The molecule has 1 aromatic carbocycles. The normalized spacial score (nSPS) is 11.2. The molecule has 0 aliphatic carbocycles. The number of aromatic amines is 1. The van der Waals surface area contributed by atoms with Gasteiger partial charge >= 0.3 is 0 Å². The first-order chi connectivity index (χ1) is 10.2. The SMILES string of the molecule is CCCOc1ccc(/C=N\n2c(CC)n[nH]c2=S)cc1Br. The van der Waals surface area contributed by atoms with Crippen LogP contribution >= 0.6 is 28.1 Å². The molecule has 0 atom stereocenters. The van der Waals surface area contributed by atoms with E-state index in [0.717, 1.165) is 34.5 Å². The molecule has 7 heteroatoms. The molecular weight excluding hydrogens is 352 g/mol. The summed E-state index contributed by atoms with van der Waals surface area (Å²) in [7, 11) is 0. The van der Waals surface area contributed by atoms with Crippen molar-refractivity contribution in [2.75, 3.05) is 6.61 Å². The number of ether oxygens (including phenoxy) is 1. The maximum Gasteiger partial charge on any atom is 0.216 e. The molecule has 1 aromatic heterocycles. The number of hydrogen-bond acceptors (Lipinski definition) is 4. The highest BCUT2D eigenvalue weighted by Crippen LogP contribution is 2.25. The predicted octanol–water partition coefficient (Wildman–Crippen LogP) is 3.94. The van der Waals surface area contributed by atoms with Gasteiger partial charge in [-0.15, -0.1) is 0 Å². The van der Waals surface area contributed by atoms with E-state index in [1.54, 1.807) is 10.9 Å². The van der Waals surface area contributed by atoms with Gasteiger partial charge in [-0.2, -0.15) is 14.9 Å². The molecule has 2 rings (SSSR count). The van der Waals surface area contributed by atoms with Crippen molar-refractivity contribution in [1.29, 1.82) is 0 Å². The Morgan fingerprint density at radius 1 is 1.48 bits per heavy atom. The lowest BCUT2D eigenvalue weighted by Crippen LogP contribution is -1.98. The van der Waals surface area contributed by atoms with Crippen LogP contribution in [0.4, 0.5) is 0 Å². The molecule has 0 saturated carbocycles. The van der Waals surface area contributed by atoms with E-state index in [2.05, 4.69) is 38.2 Å². The van der Waals surface area contributed by atoms with Gasteiger partial charge in [0.15, 0.2) is 5.82 Å². The standard InChI is InChI=1S/C14H17BrN4OS/c1-3-7-20-12-6-5-10(8-11(12)15)9-16-19-13(4-2)17-18-14(19)21/h5-6,8-9H,3-4,7H2,1-2H3,(H,18,21)/b16-9-. The molecule has 0 aliphatic rings. The van der Waals surface area contributed by atoms with E-state index in [1.807, 2.05) is 25.1 Å². The highest BCUT2D eigenvalue weighted by Gasteiger charge is 2.03. The molecule has 0 saturated heterocycles. The Hall–Kier alpha value is -1.47. The maximum atomic E-state index is 5.62. The van der Waals surface area contributed by atoms with E-state index in [1.165, 1.54) is 0 Å². The van der Waals surface area contributed by atoms with Crippen LogP contribution in [0.1, 0.15) is 31.7 Å². The van der Waals surface area contributed by atoms with E-state index in [0.29, 0.717) is 11.4 Å². The van der Waals surface area contributed by atoms with Crippen LogP contribution in [0, 0.1) is 4.77 Å². The van der Waals surface area contributed by atoms with Crippen molar-refractivity contribution < 1.29 is 4.74 Å². The first-order valence-corrected chi connectivity index (χ1v) is 7.98. The number of nitrogens with one attached hydrogen (secondary N) is 1. The number of aromatic nitrogens is 3. The zero-order valence-electron chi connectivity index (χ0n) is 12.0. The Morgan fingerprint density at radius 3 is 2.95 bits per heavy atom. The first kappa shape index (κ1) is 15.9. The molecule has 1 N–H and O–H groups in total. The lowest BCUT2D eigenvalue weighted by atomic mass is 10.2. The fraction of sp³-hybridized carbons (Fsp3) is 0.357. The Labute approximate surface area is 137 Å². The summed E-state index contributed by atoms with van der Waals surface area (Å²) in [5, 5.41) is 11.2. The van der Waals surface area contributed by atoms with Crippen LogP contribution < -0.4 is 4.74 Å². The fourth-order valence-corrected chi connectivity index (χ4v) is 2.43. The molecule has 1 heterocycles. The molecule has 0 amide bonds. The van der Waals surface area contributed by atoms with Gasteiger partial charge in [0, 0.05) is 6.42 Å². The summed E-state index contributed by atoms with van der Waals surface area (Å²) in [5.74, 6) is 1.64. The lowest BCUT2D eigenvalue weighted by molar-refractivity contribution is 0.315. The van der Waals surface area contributed by atoms with E-state index >= 15 is 0 Å². The van der Waals surface area contributed by atoms with Crippen LogP contribution in [-0.4, -0.2) is 27.7 Å². The van der Waals surface area contributed by atoms with Gasteiger partial charge < -0.3 is 4.74 Å². The van der Waals surface area contributed by atoms with Crippen molar-refractivity contribution >= 4 is 34.4 Å². The second-order valence-electron chi connectivity index (χ2n) is 4.39. The number of halogens is 1. The molecule has 0 unspecified atom stereocenters. The van der Waals surface area contributed by atoms with Gasteiger partial charge in [-0.05, 0) is 58.3 Å². The summed E-state index contributed by atoms with van der Waals surface area (Å²) >= 11 is 8.66. The second-order valence-corrected chi connectivity index (χ2v) is 5.63. The fourth-order valence-electron chi connectivity index (χ4n) is 1.72. The average Bonchev–Trinajstić information content (AvgIpc) is 2.84. The topological polar surface area (TPSA) is 55.2 Å². The lowest BCUT2D eigenvalue weighted by Gasteiger charge is -2.07. The molecule has 0 aliphatic heterocycles. The largest absolute Gasteiger partial charge is 0.492 e. The van der Waals surface area contributed by atoms with E-state index in [-0.39, 0.29) is 0 Å². The molecule has 0 fully saturated rings. The van der Waals surface area contributed by atoms with Crippen molar-refractivity contribution in [3.8, 4) is 5.75 Å². The van der Waals surface area contributed by atoms with E-state index < -0.39 is 0 Å². The van der Waals surface area contributed by atoms with E-state index in [9.17, 15) is 0 Å².